The standard InChI is InChI=1S/C15H30N2S/c1-5-13-11-17(8-9-18-13)14-7-6-12(14)10-16-15(2,3)4/h12-14,16H,5-11H2,1-4H3. The molecule has 0 radical (unpaired) electrons. The van der Waals surface area contributed by atoms with Crippen LogP contribution in [0.5, 0.6) is 0 Å². The highest BCUT2D eigenvalue weighted by Gasteiger charge is 2.37. The molecule has 1 saturated carbocycles. The molecule has 3 heteroatoms. The van der Waals surface area contributed by atoms with Crippen LogP contribution in [0.1, 0.15) is 47.0 Å². The molecule has 2 aliphatic rings. The Hall–Kier alpha value is 0.270. The molecule has 1 saturated heterocycles. The summed E-state index contributed by atoms with van der Waals surface area (Å²) in [5, 5.41) is 4.57. The fraction of sp³-hybridized carbons (Fsp3) is 1.00. The highest BCUT2D eigenvalue weighted by atomic mass is 32.2. The van der Waals surface area contributed by atoms with Gasteiger partial charge in [-0.1, -0.05) is 6.92 Å². The Labute approximate surface area is 117 Å². The molecule has 2 rings (SSSR count). The van der Waals surface area contributed by atoms with Crippen LogP contribution in [0.25, 0.3) is 0 Å². The van der Waals surface area contributed by atoms with Crippen LogP contribution >= 0.6 is 11.8 Å². The molecule has 0 amide bonds. The number of thioether (sulfide) groups is 1. The van der Waals surface area contributed by atoms with E-state index in [1.54, 1.807) is 0 Å². The first-order valence-corrected chi connectivity index (χ1v) is 8.65. The predicted molar refractivity (Wildman–Crippen MR) is 82.4 cm³/mol. The molecule has 106 valence electrons. The maximum atomic E-state index is 3.69. The minimum absolute atomic E-state index is 0.268. The van der Waals surface area contributed by atoms with Crippen molar-refractivity contribution in [2.75, 3.05) is 25.4 Å². The lowest BCUT2D eigenvalue weighted by Gasteiger charge is -2.48. The summed E-state index contributed by atoms with van der Waals surface area (Å²) in [7, 11) is 0. The van der Waals surface area contributed by atoms with Crippen LogP contribution in [0.15, 0.2) is 0 Å². The summed E-state index contributed by atoms with van der Waals surface area (Å²) < 4.78 is 0. The summed E-state index contributed by atoms with van der Waals surface area (Å²) >= 11 is 2.18. The van der Waals surface area contributed by atoms with Crippen molar-refractivity contribution in [2.24, 2.45) is 5.92 Å². The van der Waals surface area contributed by atoms with E-state index >= 15 is 0 Å². The Kier molecular flexibility index (Phi) is 5.01. The van der Waals surface area contributed by atoms with Gasteiger partial charge in [-0.2, -0.15) is 11.8 Å². The zero-order valence-corrected chi connectivity index (χ0v) is 13.4. The third-order valence-electron chi connectivity index (χ3n) is 4.37. The fourth-order valence-corrected chi connectivity index (χ4v) is 4.20. The lowest BCUT2D eigenvalue weighted by atomic mass is 9.78. The molecule has 18 heavy (non-hydrogen) atoms. The van der Waals surface area contributed by atoms with E-state index in [0.717, 1.165) is 17.2 Å². The van der Waals surface area contributed by atoms with Gasteiger partial charge in [-0.3, -0.25) is 4.90 Å². The van der Waals surface area contributed by atoms with Crippen molar-refractivity contribution in [1.82, 2.24) is 10.2 Å². The minimum Gasteiger partial charge on any atom is -0.312 e. The van der Waals surface area contributed by atoms with Crippen molar-refractivity contribution in [3.8, 4) is 0 Å². The van der Waals surface area contributed by atoms with Crippen molar-refractivity contribution in [3.05, 3.63) is 0 Å². The Morgan fingerprint density at radius 2 is 2.06 bits per heavy atom. The minimum atomic E-state index is 0.268. The molecule has 0 aromatic heterocycles. The zero-order valence-electron chi connectivity index (χ0n) is 12.5. The van der Waals surface area contributed by atoms with Gasteiger partial charge in [0.05, 0.1) is 0 Å². The number of nitrogens with one attached hydrogen (secondary N) is 1. The van der Waals surface area contributed by atoms with E-state index < -0.39 is 0 Å². The van der Waals surface area contributed by atoms with E-state index in [2.05, 4.69) is 49.7 Å². The molecule has 0 aromatic rings. The van der Waals surface area contributed by atoms with Crippen LogP contribution in [0.2, 0.25) is 0 Å². The molecule has 0 bridgehead atoms. The average Bonchev–Trinajstić information content (AvgIpc) is 2.26. The summed E-state index contributed by atoms with van der Waals surface area (Å²) in [5.74, 6) is 2.24. The Bertz CT molecular complexity index is 262. The number of nitrogens with zero attached hydrogens (tertiary/aromatic N) is 1. The first-order chi connectivity index (χ1) is 8.49. The second-order valence-corrected chi connectivity index (χ2v) is 8.34. The van der Waals surface area contributed by atoms with Crippen LogP contribution in [0, 0.1) is 5.92 Å². The third-order valence-corrected chi connectivity index (χ3v) is 5.74. The molecule has 2 nitrogen and oxygen atoms in total. The Morgan fingerprint density at radius 3 is 2.61 bits per heavy atom. The number of rotatable bonds is 4. The summed E-state index contributed by atoms with van der Waals surface area (Å²) in [6, 6.07) is 0.870. The van der Waals surface area contributed by atoms with Gasteiger partial charge in [0.1, 0.15) is 0 Å². The van der Waals surface area contributed by atoms with Crippen LogP contribution < -0.4 is 5.32 Å². The predicted octanol–water partition coefficient (Wildman–Crippen LogP) is 2.98. The summed E-state index contributed by atoms with van der Waals surface area (Å²) in [5.41, 5.74) is 0.268. The van der Waals surface area contributed by atoms with E-state index in [4.69, 9.17) is 0 Å². The van der Waals surface area contributed by atoms with Crippen molar-refractivity contribution < 1.29 is 0 Å². The van der Waals surface area contributed by atoms with Crippen molar-refractivity contribution in [3.63, 3.8) is 0 Å². The number of hydrogen-bond acceptors (Lipinski definition) is 3. The average molecular weight is 270 g/mol. The van der Waals surface area contributed by atoms with Crippen LogP contribution in [-0.4, -0.2) is 47.1 Å². The van der Waals surface area contributed by atoms with Gasteiger partial charge in [-0.25, -0.2) is 0 Å². The lowest BCUT2D eigenvalue weighted by Crippen LogP contribution is -2.55. The molecule has 3 atom stereocenters. The van der Waals surface area contributed by atoms with Gasteiger partial charge < -0.3 is 5.32 Å². The van der Waals surface area contributed by atoms with E-state index in [1.807, 2.05) is 0 Å². The highest BCUT2D eigenvalue weighted by Crippen LogP contribution is 2.35. The van der Waals surface area contributed by atoms with Crippen molar-refractivity contribution in [2.45, 2.75) is 63.8 Å². The number of hydrogen-bond donors (Lipinski definition) is 1. The van der Waals surface area contributed by atoms with Crippen molar-refractivity contribution in [1.29, 1.82) is 0 Å². The second-order valence-electron chi connectivity index (χ2n) is 6.93. The smallest absolute Gasteiger partial charge is 0.0172 e. The first-order valence-electron chi connectivity index (χ1n) is 7.60. The molecule has 1 heterocycles. The lowest BCUT2D eigenvalue weighted by molar-refractivity contribution is 0.0606. The molecular weight excluding hydrogens is 240 g/mol. The summed E-state index contributed by atoms with van der Waals surface area (Å²) in [4.78, 5) is 2.78. The Balaban J connectivity index is 1.78. The second kappa shape index (κ2) is 6.15. The fourth-order valence-electron chi connectivity index (χ4n) is 3.00. The van der Waals surface area contributed by atoms with E-state index in [9.17, 15) is 0 Å². The first kappa shape index (κ1) is 14.7. The van der Waals surface area contributed by atoms with Gasteiger partial charge >= 0.3 is 0 Å². The molecule has 0 spiro atoms. The molecule has 2 fully saturated rings. The van der Waals surface area contributed by atoms with Crippen LogP contribution in [0.4, 0.5) is 0 Å². The van der Waals surface area contributed by atoms with Gasteiger partial charge in [0, 0.05) is 35.7 Å². The summed E-state index contributed by atoms with van der Waals surface area (Å²) in [6.07, 6.45) is 4.19. The molecule has 3 unspecified atom stereocenters. The maximum Gasteiger partial charge on any atom is 0.0172 e. The molecular formula is C15H30N2S. The topological polar surface area (TPSA) is 15.3 Å². The van der Waals surface area contributed by atoms with Gasteiger partial charge in [0.15, 0.2) is 0 Å². The van der Waals surface area contributed by atoms with Crippen LogP contribution in [-0.2, 0) is 0 Å². The van der Waals surface area contributed by atoms with E-state index in [1.165, 1.54) is 44.6 Å². The van der Waals surface area contributed by atoms with Gasteiger partial charge in [-0.15, -0.1) is 0 Å². The summed E-state index contributed by atoms with van der Waals surface area (Å²) in [6.45, 7) is 13.0. The molecule has 1 N–H and O–H groups in total. The van der Waals surface area contributed by atoms with E-state index in [-0.39, 0.29) is 5.54 Å². The van der Waals surface area contributed by atoms with Crippen LogP contribution in [0.3, 0.4) is 0 Å². The monoisotopic (exact) mass is 270 g/mol. The van der Waals surface area contributed by atoms with Crippen molar-refractivity contribution >= 4 is 11.8 Å². The third kappa shape index (κ3) is 3.88. The molecule has 0 aromatic carbocycles. The van der Waals surface area contributed by atoms with Gasteiger partial charge in [0.25, 0.3) is 0 Å². The highest BCUT2D eigenvalue weighted by molar-refractivity contribution is 8.00. The SMILES string of the molecule is CCC1CN(C2CCC2CNC(C)(C)C)CCS1. The Morgan fingerprint density at radius 1 is 1.28 bits per heavy atom. The molecule has 1 aliphatic carbocycles. The quantitative estimate of drug-likeness (QED) is 0.845. The largest absolute Gasteiger partial charge is 0.312 e. The van der Waals surface area contributed by atoms with Gasteiger partial charge in [0.2, 0.25) is 0 Å². The zero-order chi connectivity index (χ0) is 13.2. The van der Waals surface area contributed by atoms with Gasteiger partial charge in [-0.05, 0) is 52.5 Å². The maximum absolute atomic E-state index is 3.69. The molecule has 1 aliphatic heterocycles. The van der Waals surface area contributed by atoms with E-state index in [0.29, 0.717) is 0 Å². The normalized spacial score (nSPS) is 34.3.